The molecule has 4 aromatic rings. The Morgan fingerprint density at radius 2 is 1.96 bits per heavy atom. The first kappa shape index (κ1) is 15.8. The topological polar surface area (TPSA) is 59.8 Å². The summed E-state index contributed by atoms with van der Waals surface area (Å²) in [6.07, 6.45) is 0. The highest BCUT2D eigenvalue weighted by molar-refractivity contribution is 9.10. The Bertz CT molecular complexity index is 1130. The van der Waals surface area contributed by atoms with Gasteiger partial charge in [-0.3, -0.25) is 4.79 Å². The molecule has 5 nitrogen and oxygen atoms in total. The van der Waals surface area contributed by atoms with Crippen LogP contribution in [0, 0.1) is 6.92 Å². The number of pyridine rings is 1. The third kappa shape index (κ3) is 2.78. The van der Waals surface area contributed by atoms with E-state index in [2.05, 4.69) is 37.4 Å². The lowest BCUT2D eigenvalue weighted by Gasteiger charge is -2.05. The molecule has 0 aliphatic rings. The van der Waals surface area contributed by atoms with Crippen LogP contribution in [0.1, 0.15) is 15.9 Å². The summed E-state index contributed by atoms with van der Waals surface area (Å²) in [5.74, 6) is 0.297. The number of hydrogen-bond acceptors (Lipinski definition) is 3. The molecular weight excluding hydrogens is 380 g/mol. The van der Waals surface area contributed by atoms with Crippen LogP contribution in [0.2, 0.25) is 0 Å². The third-order valence-electron chi connectivity index (χ3n) is 4.11. The molecule has 0 atom stereocenters. The van der Waals surface area contributed by atoms with E-state index in [1.54, 1.807) is 10.7 Å². The summed E-state index contributed by atoms with van der Waals surface area (Å²) >= 11 is 3.41. The number of benzene rings is 2. The van der Waals surface area contributed by atoms with Crippen LogP contribution < -0.4 is 5.32 Å². The van der Waals surface area contributed by atoms with Gasteiger partial charge in [0.1, 0.15) is 0 Å². The molecule has 0 aliphatic carbocycles. The zero-order chi connectivity index (χ0) is 17.6. The molecule has 1 N–H and O–H groups in total. The maximum absolute atomic E-state index is 12.6. The van der Waals surface area contributed by atoms with Crippen LogP contribution in [0.5, 0.6) is 0 Å². The van der Waals surface area contributed by atoms with Crippen molar-refractivity contribution in [1.82, 2.24) is 14.8 Å². The molecule has 0 spiro atoms. The number of rotatable bonds is 2. The van der Waals surface area contributed by atoms with E-state index >= 15 is 0 Å². The van der Waals surface area contributed by atoms with Crippen LogP contribution >= 0.6 is 15.9 Å². The van der Waals surface area contributed by atoms with E-state index in [9.17, 15) is 4.79 Å². The average molecular weight is 395 g/mol. The Morgan fingerprint density at radius 3 is 2.76 bits per heavy atom. The number of fused-ring (bicyclic) bond motifs is 2. The normalized spacial score (nSPS) is 11.2. The molecule has 1 amide bonds. The van der Waals surface area contributed by atoms with Crippen LogP contribution in [0.3, 0.4) is 0 Å². The molecule has 4 rings (SSSR count). The van der Waals surface area contributed by atoms with Gasteiger partial charge in [0.2, 0.25) is 0 Å². The van der Waals surface area contributed by atoms with Crippen molar-refractivity contribution in [2.45, 2.75) is 6.92 Å². The van der Waals surface area contributed by atoms with E-state index in [-0.39, 0.29) is 5.91 Å². The number of hydrogen-bond donors (Lipinski definition) is 1. The van der Waals surface area contributed by atoms with Gasteiger partial charge < -0.3 is 5.32 Å². The van der Waals surface area contributed by atoms with Gasteiger partial charge >= 0.3 is 0 Å². The summed E-state index contributed by atoms with van der Waals surface area (Å²) in [5.41, 5.74) is 3.37. The lowest BCUT2D eigenvalue weighted by Crippen LogP contribution is -2.13. The standard InChI is InChI=1S/C19H15BrN4O/c1-11-7-8-16-12(9-11)10-14-17(23-24(2)18(14)21-16)22-19(25)13-5-3-4-6-15(13)20/h3-10H,1-2H3,(H,22,23,25). The summed E-state index contributed by atoms with van der Waals surface area (Å²) in [6.45, 7) is 2.04. The highest BCUT2D eigenvalue weighted by Crippen LogP contribution is 2.27. The molecule has 0 saturated carbocycles. The van der Waals surface area contributed by atoms with Crippen molar-refractivity contribution < 1.29 is 4.79 Å². The molecule has 2 heterocycles. The van der Waals surface area contributed by atoms with Crippen molar-refractivity contribution in [2.75, 3.05) is 5.32 Å². The van der Waals surface area contributed by atoms with Crippen LogP contribution in [0.15, 0.2) is 53.0 Å². The molecule has 6 heteroatoms. The maximum atomic E-state index is 12.6. The summed E-state index contributed by atoms with van der Waals surface area (Å²) in [6, 6.07) is 15.4. The van der Waals surface area contributed by atoms with Crippen molar-refractivity contribution in [3.63, 3.8) is 0 Å². The third-order valence-corrected chi connectivity index (χ3v) is 4.80. The van der Waals surface area contributed by atoms with Crippen LogP contribution in [0.4, 0.5) is 5.82 Å². The Hall–Kier alpha value is -2.73. The Labute approximate surface area is 152 Å². The van der Waals surface area contributed by atoms with Crippen molar-refractivity contribution in [1.29, 1.82) is 0 Å². The first-order chi connectivity index (χ1) is 12.0. The zero-order valence-electron chi connectivity index (χ0n) is 13.7. The smallest absolute Gasteiger partial charge is 0.258 e. The quantitative estimate of drug-likeness (QED) is 0.546. The Balaban J connectivity index is 1.82. The van der Waals surface area contributed by atoms with E-state index in [4.69, 9.17) is 0 Å². The number of nitrogens with one attached hydrogen (secondary N) is 1. The summed E-state index contributed by atoms with van der Waals surface area (Å²) in [5, 5.41) is 9.18. The number of aryl methyl sites for hydroxylation is 2. The molecule has 124 valence electrons. The fraction of sp³-hybridized carbons (Fsp3) is 0.105. The fourth-order valence-electron chi connectivity index (χ4n) is 2.87. The number of nitrogens with zero attached hydrogens (tertiary/aromatic N) is 3. The first-order valence-corrected chi connectivity index (χ1v) is 8.62. The monoisotopic (exact) mass is 394 g/mol. The highest BCUT2D eigenvalue weighted by atomic mass is 79.9. The molecule has 2 aromatic carbocycles. The van der Waals surface area contributed by atoms with Gasteiger partial charge in [-0.05, 0) is 53.2 Å². The SMILES string of the molecule is Cc1ccc2nc3c(cc2c1)c(NC(=O)c1ccccc1Br)nn3C. The second-order valence-corrected chi connectivity index (χ2v) is 6.82. The van der Waals surface area contributed by atoms with Crippen molar-refractivity contribution in [2.24, 2.45) is 7.05 Å². The fourth-order valence-corrected chi connectivity index (χ4v) is 3.34. The van der Waals surface area contributed by atoms with Gasteiger partial charge in [-0.2, -0.15) is 5.10 Å². The molecule has 0 bridgehead atoms. The summed E-state index contributed by atoms with van der Waals surface area (Å²) in [7, 11) is 1.82. The number of amides is 1. The zero-order valence-corrected chi connectivity index (χ0v) is 15.3. The largest absolute Gasteiger partial charge is 0.304 e. The van der Waals surface area contributed by atoms with Gasteiger partial charge in [0.25, 0.3) is 5.91 Å². The molecule has 0 unspecified atom stereocenters. The van der Waals surface area contributed by atoms with Gasteiger partial charge in [-0.15, -0.1) is 0 Å². The molecule has 0 saturated heterocycles. The molecule has 25 heavy (non-hydrogen) atoms. The predicted molar refractivity (Wildman–Crippen MR) is 103 cm³/mol. The number of carbonyl (C=O) groups excluding carboxylic acids is 1. The summed E-state index contributed by atoms with van der Waals surface area (Å²) in [4.78, 5) is 17.3. The van der Waals surface area contributed by atoms with Gasteiger partial charge in [0, 0.05) is 16.9 Å². The van der Waals surface area contributed by atoms with Crippen LogP contribution in [-0.2, 0) is 7.05 Å². The van der Waals surface area contributed by atoms with E-state index in [1.165, 1.54) is 0 Å². The van der Waals surface area contributed by atoms with Crippen LogP contribution in [0.25, 0.3) is 21.9 Å². The number of halogens is 1. The molecular formula is C19H15BrN4O. The maximum Gasteiger partial charge on any atom is 0.258 e. The highest BCUT2D eigenvalue weighted by Gasteiger charge is 2.16. The van der Waals surface area contributed by atoms with Crippen molar-refractivity contribution in [3.05, 3.63) is 64.1 Å². The minimum absolute atomic E-state index is 0.211. The average Bonchev–Trinajstić information content (AvgIpc) is 2.88. The second kappa shape index (κ2) is 5.97. The van der Waals surface area contributed by atoms with E-state index < -0.39 is 0 Å². The van der Waals surface area contributed by atoms with Crippen LogP contribution in [-0.4, -0.2) is 20.7 Å². The van der Waals surface area contributed by atoms with Crippen molar-refractivity contribution in [3.8, 4) is 0 Å². The van der Waals surface area contributed by atoms with Gasteiger partial charge in [-0.25, -0.2) is 9.67 Å². The lowest BCUT2D eigenvalue weighted by atomic mass is 10.1. The molecule has 2 aromatic heterocycles. The van der Waals surface area contributed by atoms with E-state index in [0.717, 1.165) is 32.0 Å². The molecule has 0 radical (unpaired) electrons. The first-order valence-electron chi connectivity index (χ1n) is 7.83. The van der Waals surface area contributed by atoms with Gasteiger partial charge in [0.05, 0.1) is 16.5 Å². The van der Waals surface area contributed by atoms with E-state index in [1.807, 2.05) is 50.4 Å². The number of aromatic nitrogens is 3. The lowest BCUT2D eigenvalue weighted by molar-refractivity contribution is 0.102. The molecule has 0 fully saturated rings. The molecule has 0 aliphatic heterocycles. The van der Waals surface area contributed by atoms with E-state index in [0.29, 0.717) is 11.4 Å². The minimum atomic E-state index is -0.211. The predicted octanol–water partition coefficient (Wildman–Crippen LogP) is 4.44. The Morgan fingerprint density at radius 1 is 1.16 bits per heavy atom. The second-order valence-electron chi connectivity index (χ2n) is 5.96. The number of carbonyl (C=O) groups is 1. The van der Waals surface area contributed by atoms with Gasteiger partial charge in [-0.1, -0.05) is 23.8 Å². The minimum Gasteiger partial charge on any atom is -0.304 e. The number of anilines is 1. The Kier molecular flexibility index (Phi) is 3.77. The van der Waals surface area contributed by atoms with Gasteiger partial charge in [0.15, 0.2) is 11.5 Å². The summed E-state index contributed by atoms with van der Waals surface area (Å²) < 4.78 is 2.43. The van der Waals surface area contributed by atoms with Crippen molar-refractivity contribution >= 4 is 49.6 Å².